The third-order valence-electron chi connectivity index (χ3n) is 9.40. The van der Waals surface area contributed by atoms with Crippen molar-refractivity contribution in [2.45, 2.75) is 59.7 Å². The Hall–Kier alpha value is -6.55. The summed E-state index contributed by atoms with van der Waals surface area (Å²) in [4.78, 5) is 25.7. The minimum Gasteiger partial charge on any atom is -0.490 e. The predicted octanol–water partition coefficient (Wildman–Crippen LogP) is 10.7. The molecule has 2 aromatic heterocycles. The van der Waals surface area contributed by atoms with Crippen molar-refractivity contribution in [3.8, 4) is 22.9 Å². The van der Waals surface area contributed by atoms with Gasteiger partial charge in [0.15, 0.2) is 0 Å². The Bertz CT molecular complexity index is 2640. The van der Waals surface area contributed by atoms with Gasteiger partial charge in [-0.25, -0.2) is 0 Å². The third-order valence-corrected chi connectivity index (χ3v) is 9.40. The summed E-state index contributed by atoms with van der Waals surface area (Å²) >= 11 is 0. The van der Waals surface area contributed by atoms with Crippen LogP contribution in [0, 0.1) is 0 Å². The number of benzene rings is 7. The fourth-order valence-electron chi connectivity index (χ4n) is 6.91. The second-order valence-electron chi connectivity index (χ2n) is 14.6. The molecule has 11 heteroatoms. The van der Waals surface area contributed by atoms with Gasteiger partial charge in [-0.3, -0.25) is 9.59 Å². The van der Waals surface area contributed by atoms with Crippen LogP contribution in [-0.4, -0.2) is 53.8 Å². The fraction of sp³-hybridized carbons (Fsp3) is 0.184. The van der Waals surface area contributed by atoms with E-state index in [0.717, 1.165) is 72.0 Å². The van der Waals surface area contributed by atoms with Crippen LogP contribution in [0.2, 0.25) is 0 Å². The Morgan fingerprint density at radius 2 is 0.750 bits per heavy atom. The van der Waals surface area contributed by atoms with E-state index in [2.05, 4.69) is 44.7 Å². The number of nitrogens with zero attached hydrogens (tertiary/aromatic N) is 6. The van der Waals surface area contributed by atoms with Crippen LogP contribution in [0.3, 0.4) is 0 Å². The molecule has 0 saturated heterocycles. The molecule has 0 saturated carbocycles. The van der Waals surface area contributed by atoms with Crippen molar-refractivity contribution in [2.24, 2.45) is 0 Å². The average Bonchev–Trinajstić information content (AvgIpc) is 3.86. The van der Waals surface area contributed by atoms with Crippen LogP contribution in [0.5, 0.6) is 11.5 Å². The van der Waals surface area contributed by atoms with E-state index in [1.54, 1.807) is 21.7 Å². The first-order valence-electron chi connectivity index (χ1n) is 19.6. The molecule has 0 bridgehead atoms. The first-order valence-corrected chi connectivity index (χ1v) is 19.6. The largest absolute Gasteiger partial charge is 0.490 e. The zero-order valence-corrected chi connectivity index (χ0v) is 36.7. The molecule has 0 aliphatic rings. The quantitative estimate of drug-likeness (QED) is 0.131. The Morgan fingerprint density at radius 3 is 1.08 bits per heavy atom. The van der Waals surface area contributed by atoms with Crippen molar-refractivity contribution >= 4 is 55.2 Å². The van der Waals surface area contributed by atoms with Crippen LogP contribution in [0.4, 0.5) is 0 Å². The maximum absolute atomic E-state index is 11.2. The number of carbonyl (C=O) groups is 2. The van der Waals surface area contributed by atoms with Crippen LogP contribution >= 0.6 is 0 Å². The zero-order valence-electron chi connectivity index (χ0n) is 34.3. The van der Waals surface area contributed by atoms with Crippen molar-refractivity contribution in [3.63, 3.8) is 0 Å². The van der Waals surface area contributed by atoms with Gasteiger partial charge < -0.3 is 9.47 Å². The summed E-state index contributed by atoms with van der Waals surface area (Å²) in [5.41, 5.74) is 6.24. The Kier molecular flexibility index (Phi) is 14.0. The minimum absolute atomic E-state index is 0. The molecule has 0 aliphatic carbocycles. The number of rotatable bonds is 9. The van der Waals surface area contributed by atoms with Gasteiger partial charge >= 0.3 is 0 Å². The van der Waals surface area contributed by atoms with Gasteiger partial charge in [0.25, 0.3) is 0 Å². The number of fused-ring (bicyclic) bond motifs is 4. The van der Waals surface area contributed by atoms with E-state index < -0.39 is 5.92 Å². The Labute approximate surface area is 362 Å². The van der Waals surface area contributed by atoms with Gasteiger partial charge in [-0.15, -0.1) is 30.0 Å². The summed E-state index contributed by atoms with van der Waals surface area (Å²) in [6, 6.07) is 49.3. The van der Waals surface area contributed by atoms with Crippen molar-refractivity contribution in [1.29, 1.82) is 0 Å². The SMILES string of the molecule is CC(=O)C(C(C)=O)c1ccccc1.CC(C)Oc1ccc(-n2nc3ccccc3n2)c2ccccc12.CC(C)Oc1ccc(-n2nc3ccccc3n2)c2ccccc12.[Ir]. The van der Waals surface area contributed by atoms with Crippen LogP contribution in [0.15, 0.2) is 152 Å². The zero-order chi connectivity index (χ0) is 41.5. The van der Waals surface area contributed by atoms with E-state index in [1.807, 2.05) is 143 Å². The third kappa shape index (κ3) is 9.82. The minimum atomic E-state index is -0.582. The topological polar surface area (TPSA) is 114 Å². The molecule has 1 radical (unpaired) electrons. The normalized spacial score (nSPS) is 10.9. The monoisotopic (exact) mass is 975 g/mol. The van der Waals surface area contributed by atoms with E-state index in [0.29, 0.717) is 0 Å². The number of hydrogen-bond donors (Lipinski definition) is 0. The molecule has 0 fully saturated rings. The average molecular weight is 975 g/mol. The molecule has 7 aromatic carbocycles. The summed E-state index contributed by atoms with van der Waals surface area (Å²) in [5.74, 6) is 0.991. The van der Waals surface area contributed by atoms with Gasteiger partial charge in [0, 0.05) is 41.7 Å². The van der Waals surface area contributed by atoms with Crippen LogP contribution < -0.4 is 9.47 Å². The summed E-state index contributed by atoms with van der Waals surface area (Å²) in [5, 5.41) is 22.6. The summed E-state index contributed by atoms with van der Waals surface area (Å²) in [7, 11) is 0. The van der Waals surface area contributed by atoms with Crippen molar-refractivity contribution in [3.05, 3.63) is 157 Å². The van der Waals surface area contributed by atoms with Crippen LogP contribution in [0.25, 0.3) is 55.0 Å². The molecule has 60 heavy (non-hydrogen) atoms. The first kappa shape index (κ1) is 43.0. The van der Waals surface area contributed by atoms with E-state index >= 15 is 0 Å². The summed E-state index contributed by atoms with van der Waals surface area (Å²) in [6.45, 7) is 11.0. The molecule has 0 unspecified atom stereocenters. The smallest absolute Gasteiger partial charge is 0.144 e. The maximum atomic E-state index is 11.2. The van der Waals surface area contributed by atoms with Crippen molar-refractivity contribution in [2.75, 3.05) is 0 Å². The number of ether oxygens (including phenoxy) is 2. The Balaban J connectivity index is 0.000000156. The second-order valence-corrected chi connectivity index (χ2v) is 14.6. The van der Waals surface area contributed by atoms with E-state index in [9.17, 15) is 9.59 Å². The summed E-state index contributed by atoms with van der Waals surface area (Å²) in [6.07, 6.45) is 0.268. The Morgan fingerprint density at radius 1 is 0.433 bits per heavy atom. The first-order chi connectivity index (χ1) is 28.6. The molecule has 0 atom stereocenters. The van der Waals surface area contributed by atoms with E-state index in [4.69, 9.17) is 9.47 Å². The van der Waals surface area contributed by atoms with E-state index in [-0.39, 0.29) is 43.9 Å². The molecule has 0 N–H and O–H groups in total. The van der Waals surface area contributed by atoms with Gasteiger partial charge in [-0.1, -0.05) is 103 Å². The second kappa shape index (κ2) is 19.5. The number of aromatic nitrogens is 6. The number of ketones is 2. The molecular weight excluding hydrogens is 929 g/mol. The van der Waals surface area contributed by atoms with Crippen molar-refractivity contribution < 1.29 is 39.2 Å². The standard InChI is InChI=1S/2C19H17N3O.C11H12O2.Ir/c2*1-13(2)23-19-12-11-18(14-7-3-4-8-15(14)19)22-20-16-9-5-6-10-17(16)21-22;1-8(12)11(9(2)13)10-6-4-3-5-7-10;/h2*3-13H,1-2H3;3-7,11H,1-2H3;. The van der Waals surface area contributed by atoms with Crippen LogP contribution in [-0.2, 0) is 29.7 Å². The molecule has 305 valence electrons. The molecule has 0 aliphatic heterocycles. The fourth-order valence-corrected chi connectivity index (χ4v) is 6.91. The summed E-state index contributed by atoms with van der Waals surface area (Å²) < 4.78 is 11.9. The molecular formula is C49H46IrN6O4. The van der Waals surface area contributed by atoms with Gasteiger partial charge in [0.1, 0.15) is 51.1 Å². The van der Waals surface area contributed by atoms with Crippen molar-refractivity contribution in [1.82, 2.24) is 30.0 Å². The molecule has 9 aromatic rings. The molecule has 10 nitrogen and oxygen atoms in total. The molecule has 2 heterocycles. The number of carbonyl (C=O) groups excluding carboxylic acids is 2. The van der Waals surface area contributed by atoms with E-state index in [1.165, 1.54) is 13.8 Å². The van der Waals surface area contributed by atoms with Gasteiger partial charge in [0.2, 0.25) is 0 Å². The molecule has 0 amide bonds. The number of Topliss-reactive ketones (excluding diaryl/α,β-unsaturated/α-hetero) is 2. The van der Waals surface area contributed by atoms with Gasteiger partial charge in [0.05, 0.1) is 23.6 Å². The van der Waals surface area contributed by atoms with Gasteiger partial charge in [-0.05, 0) is 95.6 Å². The molecule has 9 rings (SSSR count). The number of hydrogen-bond acceptors (Lipinski definition) is 8. The molecule has 0 spiro atoms. The van der Waals surface area contributed by atoms with Crippen LogP contribution in [0.1, 0.15) is 53.0 Å². The maximum Gasteiger partial charge on any atom is 0.144 e. The predicted molar refractivity (Wildman–Crippen MR) is 235 cm³/mol. The van der Waals surface area contributed by atoms with Gasteiger partial charge in [-0.2, -0.15) is 0 Å².